The van der Waals surface area contributed by atoms with Crippen LogP contribution >= 0.6 is 0 Å². The van der Waals surface area contributed by atoms with E-state index in [4.69, 9.17) is 4.52 Å². The number of aromatic nitrogens is 3. The van der Waals surface area contributed by atoms with Gasteiger partial charge in [-0.1, -0.05) is 5.16 Å². The first kappa shape index (κ1) is 14.8. The molecule has 3 rings (SSSR count). The first-order valence-electron chi connectivity index (χ1n) is 7.84. The summed E-state index contributed by atoms with van der Waals surface area (Å²) in [6.07, 6.45) is 7.37. The smallest absolute Gasteiger partial charge is 0.227 e. The van der Waals surface area contributed by atoms with E-state index in [1.807, 2.05) is 35.7 Å². The fourth-order valence-corrected chi connectivity index (χ4v) is 3.15. The number of piperidine rings is 1. The molecule has 0 N–H and O–H groups in total. The van der Waals surface area contributed by atoms with Crippen LogP contribution in [-0.2, 0) is 17.8 Å². The molecule has 2 aromatic heterocycles. The van der Waals surface area contributed by atoms with Crippen LogP contribution in [0.3, 0.4) is 0 Å². The third-order valence-electron chi connectivity index (χ3n) is 4.41. The summed E-state index contributed by atoms with van der Waals surface area (Å²) in [6.45, 7) is 5.34. The monoisotopic (exact) mass is 302 g/mol. The van der Waals surface area contributed by atoms with E-state index in [-0.39, 0.29) is 11.9 Å². The molecular weight excluding hydrogens is 280 g/mol. The molecule has 2 aromatic rings. The fraction of sp³-hybridized carbons (Fsp3) is 0.562. The van der Waals surface area contributed by atoms with Gasteiger partial charge in [0.25, 0.3) is 0 Å². The average molecular weight is 302 g/mol. The van der Waals surface area contributed by atoms with Crippen LogP contribution in [0.4, 0.5) is 0 Å². The SMILES string of the molecule is Cc1noc(C)c1CC(=O)N1CCCCC1Cn1cccn1. The van der Waals surface area contributed by atoms with Crippen molar-refractivity contribution in [2.24, 2.45) is 0 Å². The second-order valence-corrected chi connectivity index (χ2v) is 5.94. The number of carbonyl (C=O) groups is 1. The molecule has 1 aliphatic heterocycles. The molecule has 0 spiro atoms. The van der Waals surface area contributed by atoms with Crippen molar-refractivity contribution < 1.29 is 9.32 Å². The van der Waals surface area contributed by atoms with Gasteiger partial charge in [0.2, 0.25) is 5.91 Å². The Kier molecular flexibility index (Phi) is 4.27. The Hall–Kier alpha value is -2.11. The molecule has 0 bridgehead atoms. The molecule has 0 saturated carbocycles. The van der Waals surface area contributed by atoms with Crippen molar-refractivity contribution in [1.29, 1.82) is 0 Å². The normalized spacial score (nSPS) is 18.6. The first-order chi connectivity index (χ1) is 10.6. The minimum atomic E-state index is 0.159. The molecule has 6 nitrogen and oxygen atoms in total. The largest absolute Gasteiger partial charge is 0.361 e. The van der Waals surface area contributed by atoms with Crippen LogP contribution in [0.2, 0.25) is 0 Å². The molecule has 1 atom stereocenters. The van der Waals surface area contributed by atoms with Crippen LogP contribution in [0.5, 0.6) is 0 Å². The zero-order chi connectivity index (χ0) is 15.5. The van der Waals surface area contributed by atoms with Crippen molar-refractivity contribution in [2.45, 2.75) is 52.1 Å². The molecule has 118 valence electrons. The zero-order valence-electron chi connectivity index (χ0n) is 13.2. The molecule has 3 heterocycles. The minimum Gasteiger partial charge on any atom is -0.361 e. The predicted molar refractivity (Wildman–Crippen MR) is 81.3 cm³/mol. The third kappa shape index (κ3) is 3.05. The average Bonchev–Trinajstić information content (AvgIpc) is 3.13. The second-order valence-electron chi connectivity index (χ2n) is 5.94. The molecule has 0 radical (unpaired) electrons. The van der Waals surface area contributed by atoms with E-state index in [1.54, 1.807) is 6.20 Å². The lowest BCUT2D eigenvalue weighted by Crippen LogP contribution is -2.46. The van der Waals surface area contributed by atoms with Crippen molar-refractivity contribution in [3.05, 3.63) is 35.5 Å². The van der Waals surface area contributed by atoms with Gasteiger partial charge < -0.3 is 9.42 Å². The highest BCUT2D eigenvalue weighted by Crippen LogP contribution is 2.21. The molecule has 1 fully saturated rings. The Balaban J connectivity index is 1.71. The lowest BCUT2D eigenvalue weighted by Gasteiger charge is -2.35. The van der Waals surface area contributed by atoms with Crippen LogP contribution in [0.1, 0.15) is 36.3 Å². The molecule has 1 unspecified atom stereocenters. The number of nitrogens with zero attached hydrogens (tertiary/aromatic N) is 4. The van der Waals surface area contributed by atoms with E-state index >= 15 is 0 Å². The van der Waals surface area contributed by atoms with Crippen LogP contribution < -0.4 is 0 Å². The van der Waals surface area contributed by atoms with E-state index in [2.05, 4.69) is 10.3 Å². The number of rotatable bonds is 4. The Morgan fingerprint density at radius 2 is 2.27 bits per heavy atom. The Bertz CT molecular complexity index is 613. The summed E-state index contributed by atoms with van der Waals surface area (Å²) in [6, 6.07) is 2.14. The molecular formula is C16H22N4O2. The molecule has 1 amide bonds. The van der Waals surface area contributed by atoms with Crippen molar-refractivity contribution in [1.82, 2.24) is 19.8 Å². The minimum absolute atomic E-state index is 0.159. The van der Waals surface area contributed by atoms with Gasteiger partial charge in [-0.05, 0) is 39.2 Å². The maximum absolute atomic E-state index is 12.7. The number of amides is 1. The Labute approximate surface area is 130 Å². The standard InChI is InChI=1S/C16H22N4O2/c1-12-15(13(2)22-18-12)10-16(21)20-9-4-3-6-14(20)11-19-8-5-7-17-19/h5,7-8,14H,3-4,6,9-11H2,1-2H3. The van der Waals surface area contributed by atoms with Crippen LogP contribution in [0, 0.1) is 13.8 Å². The van der Waals surface area contributed by atoms with E-state index < -0.39 is 0 Å². The van der Waals surface area contributed by atoms with E-state index in [0.717, 1.165) is 42.9 Å². The van der Waals surface area contributed by atoms with Gasteiger partial charge in [-0.15, -0.1) is 0 Å². The third-order valence-corrected chi connectivity index (χ3v) is 4.41. The van der Waals surface area contributed by atoms with Gasteiger partial charge in [0.15, 0.2) is 0 Å². The number of likely N-dealkylation sites (tertiary alicyclic amines) is 1. The molecule has 1 aliphatic rings. The fourth-order valence-electron chi connectivity index (χ4n) is 3.15. The maximum atomic E-state index is 12.7. The Morgan fingerprint density at radius 3 is 2.95 bits per heavy atom. The van der Waals surface area contributed by atoms with Crippen molar-refractivity contribution in [3.8, 4) is 0 Å². The van der Waals surface area contributed by atoms with Gasteiger partial charge in [0.05, 0.1) is 24.7 Å². The summed E-state index contributed by atoms with van der Waals surface area (Å²) < 4.78 is 7.07. The lowest BCUT2D eigenvalue weighted by molar-refractivity contribution is -0.134. The lowest BCUT2D eigenvalue weighted by atomic mass is 10.0. The highest BCUT2D eigenvalue weighted by atomic mass is 16.5. The highest BCUT2D eigenvalue weighted by Gasteiger charge is 2.28. The number of aryl methyl sites for hydroxylation is 2. The van der Waals surface area contributed by atoms with Gasteiger partial charge >= 0.3 is 0 Å². The van der Waals surface area contributed by atoms with E-state index in [0.29, 0.717) is 6.42 Å². The number of carbonyl (C=O) groups excluding carboxylic acids is 1. The molecule has 0 aromatic carbocycles. The predicted octanol–water partition coefficient (Wildman–Crippen LogP) is 2.11. The molecule has 1 saturated heterocycles. The van der Waals surface area contributed by atoms with Crippen molar-refractivity contribution >= 4 is 5.91 Å². The summed E-state index contributed by atoms with van der Waals surface area (Å²) in [5.74, 6) is 0.901. The number of hydrogen-bond donors (Lipinski definition) is 0. The van der Waals surface area contributed by atoms with Crippen LogP contribution in [-0.4, -0.2) is 38.3 Å². The zero-order valence-corrected chi connectivity index (χ0v) is 13.2. The van der Waals surface area contributed by atoms with Crippen molar-refractivity contribution in [2.75, 3.05) is 6.54 Å². The van der Waals surface area contributed by atoms with Crippen LogP contribution in [0.15, 0.2) is 23.0 Å². The van der Waals surface area contributed by atoms with Gasteiger partial charge in [0, 0.05) is 24.5 Å². The van der Waals surface area contributed by atoms with Crippen LogP contribution in [0.25, 0.3) is 0 Å². The summed E-state index contributed by atoms with van der Waals surface area (Å²) in [5, 5.41) is 8.20. The summed E-state index contributed by atoms with van der Waals surface area (Å²) in [4.78, 5) is 14.7. The molecule has 22 heavy (non-hydrogen) atoms. The number of hydrogen-bond acceptors (Lipinski definition) is 4. The molecule has 6 heteroatoms. The first-order valence-corrected chi connectivity index (χ1v) is 7.84. The summed E-state index contributed by atoms with van der Waals surface area (Å²) in [7, 11) is 0. The van der Waals surface area contributed by atoms with Crippen molar-refractivity contribution in [3.63, 3.8) is 0 Å². The maximum Gasteiger partial charge on any atom is 0.227 e. The van der Waals surface area contributed by atoms with Gasteiger partial charge in [-0.2, -0.15) is 5.10 Å². The van der Waals surface area contributed by atoms with Gasteiger partial charge in [0.1, 0.15) is 5.76 Å². The van der Waals surface area contributed by atoms with Gasteiger partial charge in [-0.25, -0.2) is 0 Å². The van der Waals surface area contributed by atoms with E-state index in [1.165, 1.54) is 6.42 Å². The Morgan fingerprint density at radius 1 is 1.41 bits per heavy atom. The topological polar surface area (TPSA) is 64.2 Å². The second kappa shape index (κ2) is 6.34. The summed E-state index contributed by atoms with van der Waals surface area (Å²) >= 11 is 0. The van der Waals surface area contributed by atoms with E-state index in [9.17, 15) is 4.79 Å². The highest BCUT2D eigenvalue weighted by molar-refractivity contribution is 5.79. The van der Waals surface area contributed by atoms with Gasteiger partial charge in [-0.3, -0.25) is 9.48 Å². The summed E-state index contributed by atoms with van der Waals surface area (Å²) in [5.41, 5.74) is 1.74. The quantitative estimate of drug-likeness (QED) is 0.867. The molecule has 0 aliphatic carbocycles.